The highest BCUT2D eigenvalue weighted by Gasteiger charge is 2.30. The van der Waals surface area contributed by atoms with Crippen LogP contribution < -0.4 is 11.1 Å². The number of halogens is 3. The van der Waals surface area contributed by atoms with Crippen LogP contribution >= 0.6 is 0 Å². The lowest BCUT2D eigenvalue weighted by Gasteiger charge is -2.09. The summed E-state index contributed by atoms with van der Waals surface area (Å²) in [6.07, 6.45) is -4.50. The molecule has 11 heteroatoms. The number of amides is 1. The first-order chi connectivity index (χ1) is 12.6. The molecule has 1 N–H and O–H groups in total. The van der Waals surface area contributed by atoms with Gasteiger partial charge in [0.15, 0.2) is 5.58 Å². The van der Waals surface area contributed by atoms with E-state index in [-0.39, 0.29) is 22.5 Å². The van der Waals surface area contributed by atoms with Crippen LogP contribution in [0.5, 0.6) is 0 Å². The number of hydrogen-bond acceptors (Lipinski definition) is 5. The SMILES string of the molecule is O=C(Cn1c(=O)oc2ccc([N+](=O)[O-])cc21)Nc1ccc(C(F)(F)F)cc1. The molecule has 0 fully saturated rings. The number of hydrogen-bond donors (Lipinski definition) is 1. The lowest BCUT2D eigenvalue weighted by atomic mass is 10.2. The number of fused-ring (bicyclic) bond motifs is 1. The van der Waals surface area contributed by atoms with E-state index in [1.165, 1.54) is 6.07 Å². The van der Waals surface area contributed by atoms with Gasteiger partial charge in [0.1, 0.15) is 6.54 Å². The van der Waals surface area contributed by atoms with Crippen LogP contribution in [0, 0.1) is 10.1 Å². The number of benzene rings is 2. The van der Waals surface area contributed by atoms with Crippen molar-refractivity contribution in [2.45, 2.75) is 12.7 Å². The highest BCUT2D eigenvalue weighted by Crippen LogP contribution is 2.29. The summed E-state index contributed by atoms with van der Waals surface area (Å²) in [5.41, 5.74) is -0.949. The van der Waals surface area contributed by atoms with E-state index in [4.69, 9.17) is 4.42 Å². The summed E-state index contributed by atoms with van der Waals surface area (Å²) in [5.74, 6) is -1.61. The molecule has 2 aromatic carbocycles. The maximum absolute atomic E-state index is 12.5. The number of aromatic nitrogens is 1. The molecule has 1 amide bonds. The average molecular weight is 381 g/mol. The summed E-state index contributed by atoms with van der Waals surface area (Å²) in [4.78, 5) is 34.2. The van der Waals surface area contributed by atoms with Crippen LogP contribution in [0.15, 0.2) is 51.7 Å². The minimum Gasteiger partial charge on any atom is -0.408 e. The number of nitrogens with one attached hydrogen (secondary N) is 1. The number of nitro benzene ring substituents is 1. The minimum absolute atomic E-state index is 0.0526. The third kappa shape index (κ3) is 3.81. The summed E-state index contributed by atoms with van der Waals surface area (Å²) in [7, 11) is 0. The third-order valence-electron chi connectivity index (χ3n) is 3.66. The lowest BCUT2D eigenvalue weighted by Crippen LogP contribution is -2.24. The molecule has 0 saturated carbocycles. The van der Waals surface area contributed by atoms with Crippen molar-refractivity contribution >= 4 is 28.4 Å². The average Bonchev–Trinajstić information content (AvgIpc) is 2.89. The summed E-state index contributed by atoms with van der Waals surface area (Å²) in [5, 5.41) is 13.2. The minimum atomic E-state index is -4.50. The number of carbonyl (C=O) groups is 1. The molecule has 1 aromatic heterocycles. The van der Waals surface area contributed by atoms with E-state index < -0.39 is 34.9 Å². The van der Waals surface area contributed by atoms with Crippen LogP contribution in [0.2, 0.25) is 0 Å². The van der Waals surface area contributed by atoms with Gasteiger partial charge in [0.25, 0.3) is 5.69 Å². The number of non-ortho nitro benzene ring substituents is 1. The first-order valence-corrected chi connectivity index (χ1v) is 7.40. The molecule has 0 atom stereocenters. The Labute approximate surface area is 148 Å². The Morgan fingerprint density at radius 2 is 1.85 bits per heavy atom. The Balaban J connectivity index is 1.81. The second kappa shape index (κ2) is 6.59. The van der Waals surface area contributed by atoms with Crippen molar-refractivity contribution in [3.05, 3.63) is 68.7 Å². The van der Waals surface area contributed by atoms with Gasteiger partial charge in [-0.05, 0) is 30.3 Å². The second-order valence-electron chi connectivity index (χ2n) is 5.49. The molecule has 1 heterocycles. The Bertz CT molecular complexity index is 1080. The van der Waals surface area contributed by atoms with Crippen LogP contribution in [-0.4, -0.2) is 15.4 Å². The zero-order valence-electron chi connectivity index (χ0n) is 13.3. The fraction of sp³-hybridized carbons (Fsp3) is 0.125. The van der Waals surface area contributed by atoms with Gasteiger partial charge in [0.2, 0.25) is 5.91 Å². The van der Waals surface area contributed by atoms with Gasteiger partial charge in [0, 0.05) is 17.8 Å². The van der Waals surface area contributed by atoms with Crippen molar-refractivity contribution in [2.75, 3.05) is 5.32 Å². The van der Waals surface area contributed by atoms with E-state index in [1.54, 1.807) is 0 Å². The molecule has 3 aromatic rings. The number of alkyl halides is 3. The summed E-state index contributed by atoms with van der Waals surface area (Å²) in [6, 6.07) is 7.23. The normalized spacial score (nSPS) is 11.5. The van der Waals surface area contributed by atoms with Crippen molar-refractivity contribution < 1.29 is 27.3 Å². The molecule has 0 aliphatic carbocycles. The van der Waals surface area contributed by atoms with Gasteiger partial charge in [0.05, 0.1) is 16.0 Å². The fourth-order valence-electron chi connectivity index (χ4n) is 2.40. The number of oxazole rings is 1. The van der Waals surface area contributed by atoms with E-state index in [0.29, 0.717) is 0 Å². The number of nitro groups is 1. The van der Waals surface area contributed by atoms with Crippen molar-refractivity contribution in [3.63, 3.8) is 0 Å². The van der Waals surface area contributed by atoms with Crippen LogP contribution in [0.4, 0.5) is 24.5 Å². The number of rotatable bonds is 4. The van der Waals surface area contributed by atoms with Gasteiger partial charge >= 0.3 is 11.9 Å². The van der Waals surface area contributed by atoms with E-state index in [9.17, 15) is 32.9 Å². The smallest absolute Gasteiger partial charge is 0.408 e. The molecule has 0 unspecified atom stereocenters. The highest BCUT2D eigenvalue weighted by molar-refractivity contribution is 5.91. The standard InChI is InChI=1S/C16H10F3N3O5/c17-16(18,19)9-1-3-10(4-2-9)20-14(23)8-21-12-7-11(22(25)26)5-6-13(12)27-15(21)24/h1-7H,8H2,(H,20,23). The van der Waals surface area contributed by atoms with E-state index in [0.717, 1.165) is 41.0 Å². The predicted molar refractivity (Wildman–Crippen MR) is 87.2 cm³/mol. The quantitative estimate of drug-likeness (QED) is 0.552. The molecule has 0 saturated heterocycles. The predicted octanol–water partition coefficient (Wildman–Crippen LogP) is 3.16. The lowest BCUT2D eigenvalue weighted by molar-refractivity contribution is -0.384. The molecule has 0 radical (unpaired) electrons. The molecule has 0 aliphatic heterocycles. The topological polar surface area (TPSA) is 107 Å². The largest absolute Gasteiger partial charge is 0.420 e. The summed E-state index contributed by atoms with van der Waals surface area (Å²) >= 11 is 0. The Morgan fingerprint density at radius 1 is 1.19 bits per heavy atom. The van der Waals surface area contributed by atoms with Gasteiger partial charge in [-0.15, -0.1) is 0 Å². The number of nitrogens with zero attached hydrogens (tertiary/aromatic N) is 2. The molecule has 27 heavy (non-hydrogen) atoms. The number of carbonyl (C=O) groups excluding carboxylic acids is 1. The maximum atomic E-state index is 12.5. The first-order valence-electron chi connectivity index (χ1n) is 7.40. The summed E-state index contributed by atoms with van der Waals surface area (Å²) in [6.45, 7) is -0.534. The monoisotopic (exact) mass is 381 g/mol. The number of anilines is 1. The van der Waals surface area contributed by atoms with E-state index in [2.05, 4.69) is 5.32 Å². The molecule has 0 spiro atoms. The van der Waals surface area contributed by atoms with E-state index in [1.807, 2.05) is 0 Å². The Hall–Kier alpha value is -3.63. The highest BCUT2D eigenvalue weighted by atomic mass is 19.4. The van der Waals surface area contributed by atoms with Crippen LogP contribution in [-0.2, 0) is 17.5 Å². The third-order valence-corrected chi connectivity index (χ3v) is 3.66. The molecular formula is C16H10F3N3O5. The van der Waals surface area contributed by atoms with Gasteiger partial charge in [-0.25, -0.2) is 4.79 Å². The molecule has 3 rings (SSSR count). The molecule has 0 aliphatic rings. The zero-order chi connectivity index (χ0) is 19.8. The molecule has 140 valence electrons. The van der Waals surface area contributed by atoms with Crippen molar-refractivity contribution in [1.29, 1.82) is 0 Å². The van der Waals surface area contributed by atoms with Gasteiger partial charge < -0.3 is 9.73 Å². The van der Waals surface area contributed by atoms with Crippen LogP contribution in [0.1, 0.15) is 5.56 Å². The first kappa shape index (κ1) is 18.2. The molecular weight excluding hydrogens is 371 g/mol. The Kier molecular flexibility index (Phi) is 4.44. The van der Waals surface area contributed by atoms with Crippen LogP contribution in [0.3, 0.4) is 0 Å². The Morgan fingerprint density at radius 3 is 2.44 bits per heavy atom. The van der Waals surface area contributed by atoms with Gasteiger partial charge in [-0.3, -0.25) is 19.5 Å². The molecule has 8 nitrogen and oxygen atoms in total. The summed E-state index contributed by atoms with van der Waals surface area (Å²) < 4.78 is 43.4. The van der Waals surface area contributed by atoms with Crippen molar-refractivity contribution in [2.24, 2.45) is 0 Å². The fourth-order valence-corrected chi connectivity index (χ4v) is 2.40. The van der Waals surface area contributed by atoms with Gasteiger partial charge in [-0.2, -0.15) is 13.2 Å². The maximum Gasteiger partial charge on any atom is 0.420 e. The van der Waals surface area contributed by atoms with E-state index >= 15 is 0 Å². The van der Waals surface area contributed by atoms with Crippen LogP contribution in [0.25, 0.3) is 11.1 Å². The van der Waals surface area contributed by atoms with Crippen molar-refractivity contribution in [1.82, 2.24) is 4.57 Å². The van der Waals surface area contributed by atoms with Crippen molar-refractivity contribution in [3.8, 4) is 0 Å². The molecule has 0 bridgehead atoms. The van der Waals surface area contributed by atoms with Gasteiger partial charge in [-0.1, -0.05) is 0 Å². The second-order valence-corrected chi connectivity index (χ2v) is 5.49. The zero-order valence-corrected chi connectivity index (χ0v) is 13.3.